The van der Waals surface area contributed by atoms with E-state index < -0.39 is 29.4 Å². The van der Waals surface area contributed by atoms with Crippen LogP contribution < -0.4 is 5.32 Å². The molecule has 2 aromatic heterocycles. The first-order chi connectivity index (χ1) is 15.3. The monoisotopic (exact) mass is 446 g/mol. The molecule has 4 rings (SSSR count). The fraction of sp³-hybridized carbons (Fsp3) is 0.364. The number of nitrogens with zero attached hydrogens (tertiary/aromatic N) is 3. The maximum atomic E-state index is 12.9. The Morgan fingerprint density at radius 2 is 1.91 bits per heavy atom. The van der Waals surface area contributed by atoms with Crippen molar-refractivity contribution in [3.05, 3.63) is 53.5 Å². The van der Waals surface area contributed by atoms with Gasteiger partial charge in [-0.15, -0.1) is 0 Å². The smallest absolute Gasteiger partial charge is 0.433 e. The molecule has 0 radical (unpaired) electrons. The number of halogens is 3. The lowest BCUT2D eigenvalue weighted by molar-refractivity contribution is -0.141. The number of hydrogen-bond donors (Lipinski definition) is 1. The molecule has 1 fully saturated rings. The minimum absolute atomic E-state index is 0.0502. The van der Waals surface area contributed by atoms with Crippen LogP contribution in [-0.4, -0.2) is 33.8 Å². The molecule has 0 unspecified atom stereocenters. The summed E-state index contributed by atoms with van der Waals surface area (Å²) in [7, 11) is 1.20. The van der Waals surface area contributed by atoms with Gasteiger partial charge in [0.25, 0.3) is 5.91 Å². The lowest BCUT2D eigenvalue weighted by Crippen LogP contribution is -2.18. The number of hydrogen-bond acceptors (Lipinski definition) is 5. The van der Waals surface area contributed by atoms with E-state index in [1.165, 1.54) is 25.7 Å². The van der Waals surface area contributed by atoms with Crippen LogP contribution in [0.4, 0.5) is 18.9 Å². The average Bonchev–Trinajstić information content (AvgIpc) is 3.21. The number of aromatic nitrogens is 3. The van der Waals surface area contributed by atoms with E-state index >= 15 is 0 Å². The molecule has 1 aliphatic carbocycles. The van der Waals surface area contributed by atoms with Gasteiger partial charge in [0.15, 0.2) is 0 Å². The van der Waals surface area contributed by atoms with Crippen molar-refractivity contribution >= 4 is 28.5 Å². The Hall–Kier alpha value is -3.43. The van der Waals surface area contributed by atoms with Gasteiger partial charge in [0.2, 0.25) is 0 Å². The molecule has 1 aliphatic rings. The van der Waals surface area contributed by atoms with Crippen LogP contribution in [0.25, 0.3) is 10.9 Å². The van der Waals surface area contributed by atoms with E-state index in [2.05, 4.69) is 15.4 Å². The number of amides is 1. The van der Waals surface area contributed by atoms with E-state index in [0.29, 0.717) is 10.9 Å². The number of benzene rings is 1. The summed E-state index contributed by atoms with van der Waals surface area (Å²) in [5.41, 5.74) is -0.881. The first kappa shape index (κ1) is 21.8. The molecule has 0 aliphatic heterocycles. The molecule has 1 aromatic carbocycles. The van der Waals surface area contributed by atoms with Gasteiger partial charge >= 0.3 is 12.1 Å². The summed E-state index contributed by atoms with van der Waals surface area (Å²) in [5, 5.41) is 7.77. The summed E-state index contributed by atoms with van der Waals surface area (Å²) in [6.07, 6.45) is 2.65. The lowest BCUT2D eigenvalue weighted by Gasteiger charge is -2.21. The van der Waals surface area contributed by atoms with Gasteiger partial charge in [-0.25, -0.2) is 9.78 Å². The van der Waals surface area contributed by atoms with E-state index in [1.54, 1.807) is 6.07 Å². The Morgan fingerprint density at radius 3 is 2.59 bits per heavy atom. The molecule has 0 saturated heterocycles. The summed E-state index contributed by atoms with van der Waals surface area (Å²) >= 11 is 0. The molecule has 3 aromatic rings. The van der Waals surface area contributed by atoms with Gasteiger partial charge in [-0.2, -0.15) is 18.3 Å². The van der Waals surface area contributed by atoms with Crippen LogP contribution in [0.15, 0.2) is 36.5 Å². The first-order valence-corrected chi connectivity index (χ1v) is 10.2. The zero-order valence-corrected chi connectivity index (χ0v) is 17.3. The predicted molar refractivity (Wildman–Crippen MR) is 110 cm³/mol. The number of anilines is 1. The highest BCUT2D eigenvalue weighted by atomic mass is 19.4. The van der Waals surface area contributed by atoms with Gasteiger partial charge in [-0.05, 0) is 37.1 Å². The fourth-order valence-electron chi connectivity index (χ4n) is 3.91. The third-order valence-corrected chi connectivity index (χ3v) is 5.54. The third kappa shape index (κ3) is 4.44. The van der Waals surface area contributed by atoms with Crippen molar-refractivity contribution in [2.45, 2.75) is 44.3 Å². The normalized spacial score (nSPS) is 15.0. The van der Waals surface area contributed by atoms with Crippen molar-refractivity contribution in [1.82, 2.24) is 14.8 Å². The molecule has 168 valence electrons. The van der Waals surface area contributed by atoms with Crippen molar-refractivity contribution in [2.75, 3.05) is 12.4 Å². The van der Waals surface area contributed by atoms with Crippen molar-refractivity contribution in [2.24, 2.45) is 0 Å². The number of carbonyl (C=O) groups excluding carboxylic acids is 2. The molecule has 0 atom stereocenters. The second kappa shape index (κ2) is 8.60. The van der Waals surface area contributed by atoms with Crippen LogP contribution in [-0.2, 0) is 10.9 Å². The Labute approximate surface area is 181 Å². The highest BCUT2D eigenvalue weighted by Gasteiger charge is 2.33. The predicted octanol–water partition coefficient (Wildman–Crippen LogP) is 4.99. The fourth-order valence-corrected chi connectivity index (χ4v) is 3.91. The van der Waals surface area contributed by atoms with E-state index in [0.717, 1.165) is 37.8 Å². The molecular weight excluding hydrogens is 425 g/mol. The summed E-state index contributed by atoms with van der Waals surface area (Å²) in [6.45, 7) is 0. The van der Waals surface area contributed by atoms with Crippen molar-refractivity contribution in [3.8, 4) is 0 Å². The van der Waals surface area contributed by atoms with Gasteiger partial charge in [0.1, 0.15) is 11.4 Å². The molecule has 1 saturated carbocycles. The largest absolute Gasteiger partial charge is 0.465 e. The number of rotatable bonds is 4. The molecule has 1 amide bonds. The molecule has 1 N–H and O–H groups in total. The summed E-state index contributed by atoms with van der Waals surface area (Å²) in [4.78, 5) is 28.3. The summed E-state index contributed by atoms with van der Waals surface area (Å²) < 4.78 is 45.5. The quantitative estimate of drug-likeness (QED) is 0.571. The minimum atomic E-state index is -4.68. The molecule has 32 heavy (non-hydrogen) atoms. The number of pyridine rings is 1. The zero-order valence-electron chi connectivity index (χ0n) is 17.3. The zero-order chi connectivity index (χ0) is 22.9. The second-order valence-corrected chi connectivity index (χ2v) is 7.71. The number of alkyl halides is 3. The third-order valence-electron chi connectivity index (χ3n) is 5.54. The molecule has 2 heterocycles. The highest BCUT2D eigenvalue weighted by Crippen LogP contribution is 2.31. The van der Waals surface area contributed by atoms with Crippen molar-refractivity contribution < 1.29 is 27.5 Å². The minimum Gasteiger partial charge on any atom is -0.465 e. The van der Waals surface area contributed by atoms with Gasteiger partial charge in [-0.3, -0.25) is 9.48 Å². The SMILES string of the molecule is COC(=O)c1cc2nn(C3CCCCC3)cc2cc1NC(=O)c1cccc(C(F)(F)F)n1. The molecule has 7 nitrogen and oxygen atoms in total. The molecular formula is C22H21F3N4O3. The Bertz CT molecular complexity index is 1170. The number of nitrogens with one attached hydrogen (secondary N) is 1. The standard InChI is InChI=1S/C22H21F3N4O3/c1-32-21(31)15-11-17-13(12-29(28-17)14-6-3-2-4-7-14)10-18(15)27-20(30)16-8-5-9-19(26-16)22(23,24)25/h5,8-12,14H,2-4,6-7H2,1H3,(H,27,30). The van der Waals surface area contributed by atoms with Gasteiger partial charge in [0.05, 0.1) is 29.9 Å². The topological polar surface area (TPSA) is 86.1 Å². The van der Waals surface area contributed by atoms with Crippen LogP contribution >= 0.6 is 0 Å². The van der Waals surface area contributed by atoms with Gasteiger partial charge in [0, 0.05) is 11.6 Å². The van der Waals surface area contributed by atoms with Crippen molar-refractivity contribution in [3.63, 3.8) is 0 Å². The van der Waals surface area contributed by atoms with E-state index in [-0.39, 0.29) is 17.3 Å². The van der Waals surface area contributed by atoms with E-state index in [9.17, 15) is 22.8 Å². The van der Waals surface area contributed by atoms with Gasteiger partial charge < -0.3 is 10.1 Å². The summed E-state index contributed by atoms with van der Waals surface area (Å²) in [6, 6.07) is 6.40. The summed E-state index contributed by atoms with van der Waals surface area (Å²) in [5.74, 6) is -1.58. The van der Waals surface area contributed by atoms with Crippen LogP contribution in [0.2, 0.25) is 0 Å². The van der Waals surface area contributed by atoms with Crippen LogP contribution in [0, 0.1) is 0 Å². The van der Waals surface area contributed by atoms with Crippen molar-refractivity contribution in [1.29, 1.82) is 0 Å². The number of methoxy groups -OCH3 is 1. The average molecular weight is 446 g/mol. The van der Waals surface area contributed by atoms with Crippen LogP contribution in [0.1, 0.15) is 64.7 Å². The number of fused-ring (bicyclic) bond motifs is 1. The van der Waals surface area contributed by atoms with Crippen LogP contribution in [0.5, 0.6) is 0 Å². The molecule has 10 heteroatoms. The second-order valence-electron chi connectivity index (χ2n) is 7.71. The first-order valence-electron chi connectivity index (χ1n) is 10.2. The molecule has 0 spiro atoms. The van der Waals surface area contributed by atoms with E-state index in [4.69, 9.17) is 4.74 Å². The number of carbonyl (C=O) groups is 2. The Balaban J connectivity index is 1.68. The lowest BCUT2D eigenvalue weighted by atomic mass is 9.96. The highest BCUT2D eigenvalue weighted by molar-refractivity contribution is 6.09. The van der Waals surface area contributed by atoms with E-state index in [1.807, 2.05) is 10.9 Å². The number of esters is 1. The van der Waals surface area contributed by atoms with Gasteiger partial charge in [-0.1, -0.05) is 25.3 Å². The maximum Gasteiger partial charge on any atom is 0.433 e. The van der Waals surface area contributed by atoms with Crippen LogP contribution in [0.3, 0.4) is 0 Å². The maximum absolute atomic E-state index is 12.9. The number of ether oxygens (including phenoxy) is 1. The Morgan fingerprint density at radius 1 is 1.16 bits per heavy atom. The molecule has 0 bridgehead atoms. The Kier molecular flexibility index (Phi) is 5.86.